The number of nitrogens with zero attached hydrogens (tertiary/aromatic N) is 1. The van der Waals surface area contributed by atoms with Crippen LogP contribution in [0.4, 0.5) is 4.79 Å². The number of hydrogen-bond acceptors (Lipinski definition) is 3. The van der Waals surface area contributed by atoms with Gasteiger partial charge in [0.2, 0.25) is 5.54 Å². The van der Waals surface area contributed by atoms with Gasteiger partial charge in [-0.15, -0.1) is 0 Å². The summed E-state index contributed by atoms with van der Waals surface area (Å²) in [5.41, 5.74) is -2.18. The smallest absolute Gasteiger partial charge is 0.477 e. The van der Waals surface area contributed by atoms with Crippen molar-refractivity contribution in [2.45, 2.75) is 90.2 Å². The van der Waals surface area contributed by atoms with Crippen LogP contribution in [0.25, 0.3) is 0 Å². The molecular formula is C17H34NO5Si+. The number of carboxylic acid groups (broad SMARTS) is 2. The van der Waals surface area contributed by atoms with Gasteiger partial charge in [0, 0.05) is 13.3 Å². The van der Waals surface area contributed by atoms with Crippen LogP contribution in [-0.2, 0) is 9.22 Å². The minimum atomic E-state index is -2.12. The summed E-state index contributed by atoms with van der Waals surface area (Å²) in [6, 6.07) is 0. The molecule has 2 N–H and O–H groups in total. The van der Waals surface area contributed by atoms with Crippen molar-refractivity contribution in [2.75, 3.05) is 6.54 Å². The SMILES string of the molecule is CC(C)(C)[N+]1(C(=O)O)C[C@H](O[Si](C)(C)C(C)(C)C)C[C@@]1(C)C(=O)O. The summed E-state index contributed by atoms with van der Waals surface area (Å²) in [4.78, 5) is 24.3. The van der Waals surface area contributed by atoms with Crippen LogP contribution in [0.1, 0.15) is 54.9 Å². The molecule has 1 rings (SSSR count). The summed E-state index contributed by atoms with van der Waals surface area (Å²) in [7, 11) is -2.12. The highest BCUT2D eigenvalue weighted by Gasteiger charge is 2.70. The first-order valence-electron chi connectivity index (χ1n) is 8.45. The third kappa shape index (κ3) is 3.02. The van der Waals surface area contributed by atoms with Crippen LogP contribution in [0.3, 0.4) is 0 Å². The minimum Gasteiger partial charge on any atom is -0.477 e. The third-order valence-corrected chi connectivity index (χ3v) is 10.7. The quantitative estimate of drug-likeness (QED) is 0.589. The third-order valence-electron chi connectivity index (χ3n) is 6.15. The highest BCUT2D eigenvalue weighted by molar-refractivity contribution is 6.74. The van der Waals surface area contributed by atoms with Gasteiger partial charge in [0.1, 0.15) is 18.2 Å². The number of likely N-dealkylation sites (tertiary alicyclic amines) is 1. The van der Waals surface area contributed by atoms with Gasteiger partial charge >= 0.3 is 12.1 Å². The molecule has 1 aliphatic heterocycles. The van der Waals surface area contributed by atoms with Crippen molar-refractivity contribution in [1.29, 1.82) is 0 Å². The monoisotopic (exact) mass is 360 g/mol. The highest BCUT2D eigenvalue weighted by atomic mass is 28.4. The van der Waals surface area contributed by atoms with Gasteiger partial charge in [-0.25, -0.2) is 9.28 Å². The predicted molar refractivity (Wildman–Crippen MR) is 95.6 cm³/mol. The number of rotatable bonds is 3. The van der Waals surface area contributed by atoms with Gasteiger partial charge < -0.3 is 14.6 Å². The fourth-order valence-corrected chi connectivity index (χ4v) is 5.03. The van der Waals surface area contributed by atoms with Gasteiger partial charge in [0.25, 0.3) is 0 Å². The molecule has 0 radical (unpaired) electrons. The molecule has 0 spiro atoms. The highest BCUT2D eigenvalue weighted by Crippen LogP contribution is 2.48. The van der Waals surface area contributed by atoms with E-state index in [1.54, 1.807) is 27.7 Å². The van der Waals surface area contributed by atoms with Gasteiger partial charge in [0.05, 0.1) is 0 Å². The predicted octanol–water partition coefficient (Wildman–Crippen LogP) is 3.92. The molecule has 0 aromatic carbocycles. The topological polar surface area (TPSA) is 83.8 Å². The molecule has 1 heterocycles. The second kappa shape index (κ2) is 5.81. The number of carboxylic acids is 1. The largest absolute Gasteiger partial charge is 0.514 e. The number of quaternary nitrogens is 1. The fraction of sp³-hybridized carbons (Fsp3) is 0.882. The summed E-state index contributed by atoms with van der Waals surface area (Å²) < 4.78 is 5.89. The first-order chi connectivity index (χ1) is 10.4. The van der Waals surface area contributed by atoms with E-state index in [1.807, 2.05) is 0 Å². The molecule has 0 aliphatic carbocycles. The molecule has 1 fully saturated rings. The number of aliphatic carboxylic acids is 1. The average Bonchev–Trinajstić information content (AvgIpc) is 2.61. The lowest BCUT2D eigenvalue weighted by molar-refractivity contribution is -0.929. The van der Waals surface area contributed by atoms with Gasteiger partial charge in [0.15, 0.2) is 8.32 Å². The van der Waals surface area contributed by atoms with Gasteiger partial charge in [-0.2, -0.15) is 4.79 Å². The minimum absolute atomic E-state index is 0.0180. The molecule has 0 aromatic heterocycles. The van der Waals surface area contributed by atoms with Crippen molar-refractivity contribution in [3.63, 3.8) is 0 Å². The van der Waals surface area contributed by atoms with Crippen LogP contribution >= 0.6 is 0 Å². The second-order valence-electron chi connectivity index (χ2n) is 9.73. The zero-order chi connectivity index (χ0) is 19.4. The van der Waals surface area contributed by atoms with Crippen LogP contribution in [0, 0.1) is 0 Å². The molecule has 1 saturated heterocycles. The molecule has 3 atom stereocenters. The lowest BCUT2D eigenvalue weighted by atomic mass is 9.90. The van der Waals surface area contributed by atoms with Gasteiger partial charge in [-0.3, -0.25) is 0 Å². The van der Waals surface area contributed by atoms with Crippen molar-refractivity contribution < 1.29 is 28.7 Å². The number of amides is 1. The molecule has 1 amide bonds. The molecule has 6 nitrogen and oxygen atoms in total. The maximum absolute atomic E-state index is 12.3. The Morgan fingerprint density at radius 1 is 1.12 bits per heavy atom. The van der Waals surface area contributed by atoms with Crippen molar-refractivity contribution in [3.8, 4) is 0 Å². The van der Waals surface area contributed by atoms with E-state index in [0.29, 0.717) is 0 Å². The van der Waals surface area contributed by atoms with Crippen molar-refractivity contribution in [3.05, 3.63) is 0 Å². The summed E-state index contributed by atoms with van der Waals surface area (Å²) in [6.07, 6.45) is -1.27. The Morgan fingerprint density at radius 3 is 1.83 bits per heavy atom. The van der Waals surface area contributed by atoms with Crippen molar-refractivity contribution >= 4 is 20.4 Å². The second-order valence-corrected chi connectivity index (χ2v) is 14.5. The van der Waals surface area contributed by atoms with Crippen molar-refractivity contribution in [2.24, 2.45) is 0 Å². The number of hydrogen-bond donors (Lipinski definition) is 2. The molecule has 7 heteroatoms. The Balaban J connectivity index is 3.38. The molecule has 0 saturated carbocycles. The number of carbonyl (C=O) groups is 2. The van der Waals surface area contributed by atoms with E-state index in [4.69, 9.17) is 4.43 Å². The lowest BCUT2D eigenvalue weighted by Gasteiger charge is -2.48. The van der Waals surface area contributed by atoms with E-state index < -0.39 is 35.9 Å². The van der Waals surface area contributed by atoms with E-state index in [-0.39, 0.29) is 24.1 Å². The summed E-state index contributed by atoms with van der Waals surface area (Å²) in [6.45, 7) is 17.7. The van der Waals surface area contributed by atoms with Crippen LogP contribution in [-0.4, -0.2) is 58.8 Å². The lowest BCUT2D eigenvalue weighted by Crippen LogP contribution is -2.73. The maximum Gasteiger partial charge on any atom is 0.514 e. The molecule has 1 unspecified atom stereocenters. The average molecular weight is 361 g/mol. The summed E-state index contributed by atoms with van der Waals surface area (Å²) in [5.74, 6) is -1.08. The Kier molecular flexibility index (Phi) is 5.11. The molecule has 24 heavy (non-hydrogen) atoms. The standard InChI is InChI=1S/C17H33NO5Si/c1-15(2,3)18(14(21)22)11-12(10-17(18,7)13(19)20)23-24(8,9)16(4,5)6/h12H,10-11H2,1-9H3,(H-,19,20,21,22)/p+1/t12-,17+,18?/m1/s1. The van der Waals surface area contributed by atoms with E-state index in [0.717, 1.165) is 0 Å². The van der Waals surface area contributed by atoms with E-state index in [9.17, 15) is 19.8 Å². The van der Waals surface area contributed by atoms with Crippen molar-refractivity contribution in [1.82, 2.24) is 0 Å². The van der Waals surface area contributed by atoms with Crippen LogP contribution in [0.15, 0.2) is 0 Å². The van der Waals surface area contributed by atoms with Gasteiger partial charge in [-0.05, 0) is 38.9 Å². The molecule has 1 aliphatic rings. The molecule has 0 bridgehead atoms. The molecule has 140 valence electrons. The first kappa shape index (κ1) is 21.1. The van der Waals surface area contributed by atoms with Gasteiger partial charge in [-0.1, -0.05) is 20.8 Å². The Hall–Kier alpha value is -0.923. The Morgan fingerprint density at radius 2 is 1.58 bits per heavy atom. The van der Waals surface area contributed by atoms with E-state index >= 15 is 0 Å². The summed E-state index contributed by atoms with van der Waals surface area (Å²) in [5, 5.41) is 19.9. The fourth-order valence-electron chi connectivity index (χ4n) is 3.68. The Labute approximate surface area is 146 Å². The Bertz CT molecular complexity index is 534. The maximum atomic E-state index is 12.3. The summed E-state index contributed by atoms with van der Waals surface area (Å²) >= 11 is 0. The van der Waals surface area contributed by atoms with Crippen LogP contribution in [0.5, 0.6) is 0 Å². The molecular weight excluding hydrogens is 326 g/mol. The van der Waals surface area contributed by atoms with Crippen LogP contribution in [0.2, 0.25) is 18.1 Å². The van der Waals surface area contributed by atoms with E-state index in [1.165, 1.54) is 0 Å². The zero-order valence-electron chi connectivity index (χ0n) is 16.6. The van der Waals surface area contributed by atoms with Crippen LogP contribution < -0.4 is 0 Å². The molecule has 0 aromatic rings. The normalized spacial score (nSPS) is 32.0. The zero-order valence-corrected chi connectivity index (χ0v) is 17.6. The first-order valence-corrected chi connectivity index (χ1v) is 11.4. The van der Waals surface area contributed by atoms with E-state index in [2.05, 4.69) is 33.9 Å².